The highest BCUT2D eigenvalue weighted by atomic mass is 32.2. The Labute approximate surface area is 103 Å². The van der Waals surface area contributed by atoms with Crippen molar-refractivity contribution in [1.29, 1.82) is 5.26 Å². The summed E-state index contributed by atoms with van der Waals surface area (Å²) in [5, 5.41) is 18.9. The second kappa shape index (κ2) is 4.15. The van der Waals surface area contributed by atoms with Crippen molar-refractivity contribution < 1.29 is 8.42 Å². The minimum atomic E-state index is -3.78. The molecule has 0 bridgehead atoms. The van der Waals surface area contributed by atoms with Crippen LogP contribution < -0.4 is 4.72 Å². The molecule has 18 heavy (non-hydrogen) atoms. The fourth-order valence-electron chi connectivity index (χ4n) is 1.43. The van der Waals surface area contributed by atoms with Crippen molar-refractivity contribution in [2.24, 2.45) is 7.05 Å². The van der Waals surface area contributed by atoms with E-state index < -0.39 is 10.0 Å². The zero-order chi connectivity index (χ0) is 13.3. The molecule has 0 saturated carbocycles. The summed E-state index contributed by atoms with van der Waals surface area (Å²) < 4.78 is 27.8. The molecule has 0 radical (unpaired) electrons. The first-order chi connectivity index (χ1) is 8.45. The van der Waals surface area contributed by atoms with E-state index in [2.05, 4.69) is 20.0 Å². The van der Waals surface area contributed by atoms with Gasteiger partial charge in [0, 0.05) is 7.05 Å². The number of hydrogen-bond acceptors (Lipinski definition) is 5. The van der Waals surface area contributed by atoms with Crippen molar-refractivity contribution in [2.75, 3.05) is 4.72 Å². The molecule has 0 saturated heterocycles. The van der Waals surface area contributed by atoms with Crippen molar-refractivity contribution >= 4 is 15.8 Å². The Morgan fingerprint density at radius 3 is 2.78 bits per heavy atom. The van der Waals surface area contributed by atoms with Crippen molar-refractivity contribution in [1.82, 2.24) is 20.0 Å². The first-order valence-corrected chi connectivity index (χ1v) is 6.39. The van der Waals surface area contributed by atoms with Gasteiger partial charge in [-0.1, -0.05) is 0 Å². The van der Waals surface area contributed by atoms with Crippen molar-refractivity contribution in [3.8, 4) is 6.07 Å². The lowest BCUT2D eigenvalue weighted by molar-refractivity contribution is 0.599. The molecule has 0 aliphatic rings. The standard InChI is InChI=1S/C9H10N6O2S/c1-6-8(5-11-13-6)18(16,17)14-9-7(3-10)4-12-15(9)2/h4-5,14H,1-2H3,(H,11,13). The molecule has 2 heterocycles. The summed E-state index contributed by atoms with van der Waals surface area (Å²) in [6.45, 7) is 1.59. The molecule has 94 valence electrons. The average Bonchev–Trinajstić information content (AvgIpc) is 2.87. The lowest BCUT2D eigenvalue weighted by Gasteiger charge is -2.07. The zero-order valence-electron chi connectivity index (χ0n) is 9.67. The number of aromatic amines is 1. The van der Waals surface area contributed by atoms with Crippen LogP contribution in [-0.4, -0.2) is 28.4 Å². The molecule has 2 aromatic heterocycles. The number of nitriles is 1. The molecule has 0 amide bonds. The van der Waals surface area contributed by atoms with E-state index in [1.807, 2.05) is 6.07 Å². The smallest absolute Gasteiger partial charge is 0.266 e. The van der Waals surface area contributed by atoms with Gasteiger partial charge in [0.1, 0.15) is 16.5 Å². The van der Waals surface area contributed by atoms with Gasteiger partial charge in [0.2, 0.25) is 0 Å². The van der Waals surface area contributed by atoms with E-state index in [1.54, 1.807) is 14.0 Å². The molecule has 8 nitrogen and oxygen atoms in total. The van der Waals surface area contributed by atoms with Gasteiger partial charge in [0.25, 0.3) is 10.0 Å². The molecule has 0 aliphatic heterocycles. The number of anilines is 1. The maximum atomic E-state index is 12.1. The number of nitrogens with one attached hydrogen (secondary N) is 2. The van der Waals surface area contributed by atoms with Gasteiger partial charge in [-0.05, 0) is 6.92 Å². The molecule has 2 N–H and O–H groups in total. The molecule has 0 fully saturated rings. The maximum absolute atomic E-state index is 12.1. The number of nitrogens with zero attached hydrogens (tertiary/aromatic N) is 4. The first kappa shape index (κ1) is 12.1. The minimum absolute atomic E-state index is 0.0348. The zero-order valence-corrected chi connectivity index (χ0v) is 10.5. The van der Waals surface area contributed by atoms with Crippen LogP contribution in [0, 0.1) is 18.3 Å². The van der Waals surface area contributed by atoms with Crippen LogP contribution >= 0.6 is 0 Å². The molecule has 2 rings (SSSR count). The Bertz CT molecular complexity index is 721. The minimum Gasteiger partial charge on any atom is -0.281 e. The van der Waals surface area contributed by atoms with Crippen LogP contribution in [0.4, 0.5) is 5.82 Å². The Morgan fingerprint density at radius 2 is 2.22 bits per heavy atom. The predicted octanol–water partition coefficient (Wildman–Crippen LogP) is 0.124. The van der Waals surface area contributed by atoms with Crippen LogP contribution in [0.2, 0.25) is 0 Å². The van der Waals surface area contributed by atoms with Gasteiger partial charge >= 0.3 is 0 Å². The van der Waals surface area contributed by atoms with Crippen LogP contribution in [0.5, 0.6) is 0 Å². The fourth-order valence-corrected chi connectivity index (χ4v) is 2.68. The van der Waals surface area contributed by atoms with Crippen molar-refractivity contribution in [3.05, 3.63) is 23.7 Å². The Morgan fingerprint density at radius 1 is 1.50 bits per heavy atom. The molecule has 0 aromatic carbocycles. The molecule has 0 unspecified atom stereocenters. The first-order valence-electron chi connectivity index (χ1n) is 4.90. The second-order valence-corrected chi connectivity index (χ2v) is 5.26. The number of rotatable bonds is 3. The van der Waals surface area contributed by atoms with Crippen molar-refractivity contribution in [3.63, 3.8) is 0 Å². The van der Waals surface area contributed by atoms with Gasteiger partial charge in [0.15, 0.2) is 5.82 Å². The Balaban J connectivity index is 2.44. The summed E-state index contributed by atoms with van der Waals surface area (Å²) in [5.74, 6) is 0.123. The largest absolute Gasteiger partial charge is 0.281 e. The van der Waals surface area contributed by atoms with Gasteiger partial charge < -0.3 is 0 Å². The third kappa shape index (κ3) is 1.93. The molecular formula is C9H10N6O2S. The predicted molar refractivity (Wildman–Crippen MR) is 62.1 cm³/mol. The Kier molecular flexibility index (Phi) is 2.80. The quantitative estimate of drug-likeness (QED) is 0.818. The number of H-pyrrole nitrogens is 1. The van der Waals surface area contributed by atoms with E-state index in [0.29, 0.717) is 5.69 Å². The number of sulfonamides is 1. The number of aryl methyl sites for hydroxylation is 2. The fraction of sp³-hybridized carbons (Fsp3) is 0.222. The summed E-state index contributed by atoms with van der Waals surface area (Å²) in [7, 11) is -2.24. The topological polar surface area (TPSA) is 116 Å². The van der Waals surface area contributed by atoms with E-state index in [-0.39, 0.29) is 16.3 Å². The summed E-state index contributed by atoms with van der Waals surface area (Å²) in [4.78, 5) is 0.0348. The third-order valence-corrected chi connectivity index (χ3v) is 3.82. The summed E-state index contributed by atoms with van der Waals surface area (Å²) >= 11 is 0. The summed E-state index contributed by atoms with van der Waals surface area (Å²) in [6, 6.07) is 1.87. The second-order valence-electron chi connectivity index (χ2n) is 3.61. The van der Waals surface area contributed by atoms with Gasteiger partial charge in [0.05, 0.1) is 18.1 Å². The van der Waals surface area contributed by atoms with E-state index in [1.165, 1.54) is 17.1 Å². The monoisotopic (exact) mass is 266 g/mol. The van der Waals surface area contributed by atoms with E-state index in [9.17, 15) is 8.42 Å². The van der Waals surface area contributed by atoms with E-state index >= 15 is 0 Å². The van der Waals surface area contributed by atoms with Crippen LogP contribution in [0.3, 0.4) is 0 Å². The SMILES string of the molecule is Cc1[nH]ncc1S(=O)(=O)Nc1c(C#N)cnn1C. The Hall–Kier alpha value is -2.34. The lowest BCUT2D eigenvalue weighted by atomic mass is 10.4. The molecule has 0 aliphatic carbocycles. The molecular weight excluding hydrogens is 256 g/mol. The molecule has 2 aromatic rings. The summed E-state index contributed by atoms with van der Waals surface area (Å²) in [5.41, 5.74) is 0.574. The van der Waals surface area contributed by atoms with Crippen LogP contribution in [0.25, 0.3) is 0 Å². The van der Waals surface area contributed by atoms with Gasteiger partial charge in [-0.15, -0.1) is 0 Å². The summed E-state index contributed by atoms with van der Waals surface area (Å²) in [6.07, 6.45) is 2.50. The van der Waals surface area contributed by atoms with Crippen LogP contribution in [0.15, 0.2) is 17.3 Å². The van der Waals surface area contributed by atoms with Crippen LogP contribution in [0.1, 0.15) is 11.3 Å². The highest BCUT2D eigenvalue weighted by Gasteiger charge is 2.21. The van der Waals surface area contributed by atoms with Gasteiger partial charge in [-0.2, -0.15) is 15.5 Å². The van der Waals surface area contributed by atoms with E-state index in [4.69, 9.17) is 5.26 Å². The third-order valence-electron chi connectivity index (χ3n) is 2.36. The van der Waals surface area contributed by atoms with Crippen LogP contribution in [-0.2, 0) is 17.1 Å². The lowest BCUT2D eigenvalue weighted by Crippen LogP contribution is -2.16. The highest BCUT2D eigenvalue weighted by Crippen LogP contribution is 2.19. The molecule has 0 spiro atoms. The van der Waals surface area contributed by atoms with Gasteiger partial charge in [-0.25, -0.2) is 8.42 Å². The highest BCUT2D eigenvalue weighted by molar-refractivity contribution is 7.92. The normalized spacial score (nSPS) is 11.2. The molecule has 9 heteroatoms. The number of hydrogen-bond donors (Lipinski definition) is 2. The maximum Gasteiger partial charge on any atom is 0.266 e. The molecule has 0 atom stereocenters. The van der Waals surface area contributed by atoms with Gasteiger partial charge in [-0.3, -0.25) is 14.5 Å². The number of aromatic nitrogens is 4. The average molecular weight is 266 g/mol. The van der Waals surface area contributed by atoms with E-state index in [0.717, 1.165) is 0 Å². The van der Waals surface area contributed by atoms with Crippen molar-refractivity contribution in [2.45, 2.75) is 11.8 Å².